The Morgan fingerprint density at radius 3 is 2.94 bits per heavy atom. The number of aromatic amines is 1. The van der Waals surface area contributed by atoms with Crippen molar-refractivity contribution in [1.29, 1.82) is 0 Å². The fourth-order valence-corrected chi connectivity index (χ4v) is 3.31. The van der Waals surface area contributed by atoms with Crippen LogP contribution in [0.25, 0.3) is 15.9 Å². The summed E-state index contributed by atoms with van der Waals surface area (Å²) in [5.41, 5.74) is 0.766. The van der Waals surface area contributed by atoms with E-state index >= 15 is 0 Å². The average Bonchev–Trinajstić information content (AvgIpc) is 2.87. The molecule has 3 aromatic heterocycles. The maximum Gasteiger partial charge on any atom is 0.267 e. The van der Waals surface area contributed by atoms with Gasteiger partial charge < -0.3 is 4.98 Å². The van der Waals surface area contributed by atoms with Crippen LogP contribution in [0.5, 0.6) is 0 Å². The summed E-state index contributed by atoms with van der Waals surface area (Å²) in [7, 11) is 0. The molecule has 1 N–H and O–H groups in total. The zero-order chi connectivity index (χ0) is 11.1. The summed E-state index contributed by atoms with van der Waals surface area (Å²) in [5, 5.41) is 6.40. The van der Waals surface area contributed by atoms with E-state index in [1.807, 2.05) is 28.3 Å². The van der Waals surface area contributed by atoms with Gasteiger partial charge in [0.1, 0.15) is 4.83 Å². The van der Waals surface area contributed by atoms with Crippen molar-refractivity contribution in [2.75, 3.05) is 0 Å². The minimum absolute atomic E-state index is 0.0570. The molecule has 6 heteroatoms. The molecule has 0 amide bonds. The zero-order valence-electron chi connectivity index (χ0n) is 7.97. The summed E-state index contributed by atoms with van der Waals surface area (Å²) in [5.74, 6) is 0. The molecule has 0 aliphatic carbocycles. The van der Waals surface area contributed by atoms with Crippen LogP contribution in [0.1, 0.15) is 0 Å². The van der Waals surface area contributed by atoms with Crippen LogP contribution in [-0.2, 0) is 0 Å². The quantitative estimate of drug-likeness (QED) is 0.687. The van der Waals surface area contributed by atoms with Gasteiger partial charge in [-0.2, -0.15) is 11.3 Å². The number of rotatable bonds is 1. The van der Waals surface area contributed by atoms with E-state index in [0.717, 1.165) is 10.5 Å². The lowest BCUT2D eigenvalue weighted by molar-refractivity contribution is 0.948. The SMILES string of the molecule is O=c1c2ccsc2[nH]c(=S)n1-c1ccsc1. The maximum atomic E-state index is 12.2. The first kappa shape index (κ1) is 9.95. The third-order valence-corrected chi connectivity index (χ3v) is 4.07. The van der Waals surface area contributed by atoms with Crippen molar-refractivity contribution in [3.63, 3.8) is 0 Å². The molecule has 3 aromatic rings. The van der Waals surface area contributed by atoms with Crippen LogP contribution < -0.4 is 5.56 Å². The Balaban J connectivity index is 2.50. The first-order valence-electron chi connectivity index (χ1n) is 4.52. The third-order valence-electron chi connectivity index (χ3n) is 2.29. The molecule has 0 unspecified atom stereocenters. The minimum atomic E-state index is -0.0570. The highest BCUT2D eigenvalue weighted by atomic mass is 32.1. The van der Waals surface area contributed by atoms with Crippen LogP contribution in [0.2, 0.25) is 0 Å². The van der Waals surface area contributed by atoms with Crippen LogP contribution in [0, 0.1) is 4.77 Å². The van der Waals surface area contributed by atoms with Gasteiger partial charge in [0.2, 0.25) is 0 Å². The van der Waals surface area contributed by atoms with E-state index in [-0.39, 0.29) is 5.56 Å². The second-order valence-electron chi connectivity index (χ2n) is 3.22. The van der Waals surface area contributed by atoms with Gasteiger partial charge in [-0.05, 0) is 35.1 Å². The molecule has 0 spiro atoms. The van der Waals surface area contributed by atoms with Gasteiger partial charge in [0.25, 0.3) is 5.56 Å². The lowest BCUT2D eigenvalue weighted by Crippen LogP contribution is -2.19. The van der Waals surface area contributed by atoms with Crippen LogP contribution in [0.15, 0.2) is 33.1 Å². The summed E-state index contributed by atoms with van der Waals surface area (Å²) in [4.78, 5) is 16.1. The van der Waals surface area contributed by atoms with Crippen molar-refractivity contribution in [2.24, 2.45) is 0 Å². The Hall–Kier alpha value is -1.24. The molecule has 0 saturated heterocycles. The molecule has 0 bridgehead atoms. The van der Waals surface area contributed by atoms with Crippen LogP contribution in [0.4, 0.5) is 0 Å². The number of H-pyrrole nitrogens is 1. The van der Waals surface area contributed by atoms with E-state index in [4.69, 9.17) is 12.2 Å². The largest absolute Gasteiger partial charge is 0.323 e. The Morgan fingerprint density at radius 1 is 1.31 bits per heavy atom. The Kier molecular flexibility index (Phi) is 2.27. The molecule has 3 nitrogen and oxygen atoms in total. The van der Waals surface area contributed by atoms with E-state index < -0.39 is 0 Å². The van der Waals surface area contributed by atoms with E-state index in [2.05, 4.69) is 4.98 Å². The molecule has 3 rings (SSSR count). The molecule has 0 saturated carbocycles. The Morgan fingerprint density at radius 2 is 2.19 bits per heavy atom. The van der Waals surface area contributed by atoms with Gasteiger partial charge in [-0.1, -0.05) is 0 Å². The normalized spacial score (nSPS) is 11.0. The number of aromatic nitrogens is 2. The zero-order valence-corrected chi connectivity index (χ0v) is 10.4. The molecule has 0 radical (unpaired) electrons. The van der Waals surface area contributed by atoms with Gasteiger partial charge in [-0.3, -0.25) is 9.36 Å². The summed E-state index contributed by atoms with van der Waals surface area (Å²) >= 11 is 8.23. The standard InChI is InChI=1S/C10H6N2OS3/c13-9-7-2-4-16-8(7)11-10(14)12(9)6-1-3-15-5-6/h1-5H,(H,11,14). The van der Waals surface area contributed by atoms with Crippen LogP contribution in [0.3, 0.4) is 0 Å². The van der Waals surface area contributed by atoms with Crippen molar-refractivity contribution in [3.8, 4) is 5.69 Å². The lowest BCUT2D eigenvalue weighted by atomic mass is 10.4. The van der Waals surface area contributed by atoms with E-state index in [0.29, 0.717) is 10.2 Å². The topological polar surface area (TPSA) is 37.8 Å². The summed E-state index contributed by atoms with van der Waals surface area (Å²) in [6.45, 7) is 0. The van der Waals surface area contributed by atoms with Gasteiger partial charge in [0.15, 0.2) is 4.77 Å². The van der Waals surface area contributed by atoms with Crippen molar-refractivity contribution in [3.05, 3.63) is 43.4 Å². The molecule has 16 heavy (non-hydrogen) atoms. The molecule has 80 valence electrons. The first-order chi connectivity index (χ1) is 7.77. The van der Waals surface area contributed by atoms with Gasteiger partial charge >= 0.3 is 0 Å². The molecule has 0 aliphatic rings. The Labute approximate surface area is 104 Å². The maximum absolute atomic E-state index is 12.2. The monoisotopic (exact) mass is 266 g/mol. The van der Waals surface area contributed by atoms with Crippen molar-refractivity contribution < 1.29 is 0 Å². The van der Waals surface area contributed by atoms with Crippen molar-refractivity contribution in [2.45, 2.75) is 0 Å². The second kappa shape index (κ2) is 3.65. The highest BCUT2D eigenvalue weighted by Gasteiger charge is 2.08. The number of thiophene rings is 2. The number of nitrogens with zero attached hydrogens (tertiary/aromatic N) is 1. The van der Waals surface area contributed by atoms with E-state index in [9.17, 15) is 4.79 Å². The number of nitrogens with one attached hydrogen (secondary N) is 1. The smallest absolute Gasteiger partial charge is 0.267 e. The lowest BCUT2D eigenvalue weighted by Gasteiger charge is -2.02. The van der Waals surface area contributed by atoms with Gasteiger partial charge in [-0.15, -0.1) is 11.3 Å². The molecule has 0 fully saturated rings. The predicted molar refractivity (Wildman–Crippen MR) is 70.5 cm³/mol. The average molecular weight is 266 g/mol. The highest BCUT2D eigenvalue weighted by molar-refractivity contribution is 7.71. The summed E-state index contributed by atoms with van der Waals surface area (Å²) in [6.07, 6.45) is 0. The molecule has 0 aliphatic heterocycles. The fourth-order valence-electron chi connectivity index (χ4n) is 1.56. The molecular formula is C10H6N2OS3. The number of hydrogen-bond donors (Lipinski definition) is 1. The number of hydrogen-bond acceptors (Lipinski definition) is 4. The minimum Gasteiger partial charge on any atom is -0.323 e. The van der Waals surface area contributed by atoms with Crippen molar-refractivity contribution in [1.82, 2.24) is 9.55 Å². The molecule has 0 atom stereocenters. The van der Waals surface area contributed by atoms with Crippen LogP contribution in [-0.4, -0.2) is 9.55 Å². The summed E-state index contributed by atoms with van der Waals surface area (Å²) in [6, 6.07) is 3.70. The van der Waals surface area contributed by atoms with Gasteiger partial charge in [-0.25, -0.2) is 0 Å². The molecule has 0 aromatic carbocycles. The summed E-state index contributed by atoms with van der Waals surface area (Å²) < 4.78 is 1.97. The second-order valence-corrected chi connectivity index (χ2v) is 5.30. The van der Waals surface area contributed by atoms with Crippen LogP contribution >= 0.6 is 34.9 Å². The fraction of sp³-hybridized carbons (Fsp3) is 0. The van der Waals surface area contributed by atoms with Crippen molar-refractivity contribution >= 4 is 45.1 Å². The number of fused-ring (bicyclic) bond motifs is 1. The van der Waals surface area contributed by atoms with Gasteiger partial charge in [0.05, 0.1) is 11.1 Å². The Bertz CT molecular complexity index is 748. The van der Waals surface area contributed by atoms with E-state index in [1.165, 1.54) is 15.9 Å². The third kappa shape index (κ3) is 1.38. The van der Waals surface area contributed by atoms with Gasteiger partial charge in [0, 0.05) is 5.38 Å². The first-order valence-corrected chi connectivity index (χ1v) is 6.75. The highest BCUT2D eigenvalue weighted by Crippen LogP contribution is 2.17. The van der Waals surface area contributed by atoms with E-state index in [1.54, 1.807) is 11.3 Å². The molecular weight excluding hydrogens is 260 g/mol. The predicted octanol–water partition coefficient (Wildman–Crippen LogP) is 3.17. The molecule has 3 heterocycles.